The largest absolute Gasteiger partial charge is 0.272 e. The minimum absolute atomic E-state index is 0.0506. The molecule has 0 aliphatic rings. The van der Waals surface area contributed by atoms with Gasteiger partial charge in [0.1, 0.15) is 0 Å². The molecule has 0 saturated carbocycles. The van der Waals surface area contributed by atoms with Crippen LogP contribution < -0.4 is 11.3 Å². The summed E-state index contributed by atoms with van der Waals surface area (Å²) in [6, 6.07) is 4.12. The first-order valence-electron chi connectivity index (χ1n) is 6.40. The van der Waals surface area contributed by atoms with Crippen molar-refractivity contribution < 1.29 is 0 Å². The molecule has 0 spiro atoms. The summed E-state index contributed by atoms with van der Waals surface area (Å²) in [5.41, 5.74) is 8.45. The van der Waals surface area contributed by atoms with Crippen molar-refractivity contribution in [3.8, 4) is 0 Å². The molecular formula is C14H21N5. The minimum atomic E-state index is 0.0506. The summed E-state index contributed by atoms with van der Waals surface area (Å²) >= 11 is 0. The molecule has 0 fully saturated rings. The summed E-state index contributed by atoms with van der Waals surface area (Å²) in [5.74, 6) is 5.69. The Morgan fingerprint density at radius 1 is 1.32 bits per heavy atom. The topological polar surface area (TPSA) is 68.8 Å². The van der Waals surface area contributed by atoms with Crippen LogP contribution in [0.15, 0.2) is 18.3 Å². The molecule has 3 N–H and O–H groups in total. The van der Waals surface area contributed by atoms with Crippen LogP contribution in [0.4, 0.5) is 0 Å². The van der Waals surface area contributed by atoms with Crippen molar-refractivity contribution in [2.75, 3.05) is 0 Å². The molecule has 1 unspecified atom stereocenters. The molecule has 2 aromatic heterocycles. The number of hydrogen-bond donors (Lipinski definition) is 2. The Labute approximate surface area is 113 Å². The van der Waals surface area contributed by atoms with Gasteiger partial charge in [0.15, 0.2) is 0 Å². The Bertz CT molecular complexity index is 556. The molecule has 2 aromatic rings. The van der Waals surface area contributed by atoms with E-state index in [-0.39, 0.29) is 6.04 Å². The van der Waals surface area contributed by atoms with Crippen molar-refractivity contribution in [3.05, 3.63) is 46.5 Å². The van der Waals surface area contributed by atoms with Gasteiger partial charge in [-0.15, -0.1) is 0 Å². The molecule has 102 valence electrons. The van der Waals surface area contributed by atoms with Gasteiger partial charge in [0.25, 0.3) is 0 Å². The van der Waals surface area contributed by atoms with E-state index in [1.807, 2.05) is 37.8 Å². The maximum absolute atomic E-state index is 5.69. The monoisotopic (exact) mass is 259 g/mol. The second-order valence-electron chi connectivity index (χ2n) is 4.93. The van der Waals surface area contributed by atoms with Crippen LogP contribution in [0.5, 0.6) is 0 Å². The van der Waals surface area contributed by atoms with E-state index in [1.54, 1.807) is 0 Å². The highest BCUT2D eigenvalue weighted by molar-refractivity contribution is 5.28. The summed E-state index contributed by atoms with van der Waals surface area (Å²) in [6.07, 6.45) is 2.69. The number of aromatic nitrogens is 3. The molecule has 2 heterocycles. The Morgan fingerprint density at radius 2 is 2.05 bits per heavy atom. The van der Waals surface area contributed by atoms with Gasteiger partial charge in [-0.1, -0.05) is 6.07 Å². The van der Waals surface area contributed by atoms with E-state index in [4.69, 9.17) is 5.84 Å². The second kappa shape index (κ2) is 5.50. The maximum Gasteiger partial charge on any atom is 0.0629 e. The van der Waals surface area contributed by atoms with Crippen molar-refractivity contribution in [1.82, 2.24) is 20.2 Å². The van der Waals surface area contributed by atoms with Gasteiger partial charge in [-0.05, 0) is 44.4 Å². The summed E-state index contributed by atoms with van der Waals surface area (Å²) in [5, 5.41) is 4.44. The van der Waals surface area contributed by atoms with Crippen molar-refractivity contribution >= 4 is 0 Å². The zero-order valence-corrected chi connectivity index (χ0v) is 11.9. The number of pyridine rings is 1. The highest BCUT2D eigenvalue weighted by atomic mass is 15.3. The van der Waals surface area contributed by atoms with Crippen LogP contribution in [0.25, 0.3) is 0 Å². The molecule has 0 saturated heterocycles. The lowest BCUT2D eigenvalue weighted by Gasteiger charge is -2.16. The molecular weight excluding hydrogens is 238 g/mol. The molecule has 2 rings (SSSR count). The lowest BCUT2D eigenvalue weighted by molar-refractivity contribution is 0.547. The predicted octanol–water partition coefficient (Wildman–Crippen LogP) is 1.49. The fourth-order valence-electron chi connectivity index (χ4n) is 2.28. The first-order valence-corrected chi connectivity index (χ1v) is 6.40. The van der Waals surface area contributed by atoms with Crippen LogP contribution in [-0.2, 0) is 13.5 Å². The molecule has 5 heteroatoms. The van der Waals surface area contributed by atoms with E-state index in [0.717, 1.165) is 23.4 Å². The molecule has 0 bridgehead atoms. The molecule has 0 aliphatic carbocycles. The van der Waals surface area contributed by atoms with E-state index in [1.165, 1.54) is 11.3 Å². The van der Waals surface area contributed by atoms with Gasteiger partial charge in [0.2, 0.25) is 0 Å². The van der Waals surface area contributed by atoms with Gasteiger partial charge < -0.3 is 0 Å². The highest BCUT2D eigenvalue weighted by Gasteiger charge is 2.16. The van der Waals surface area contributed by atoms with Crippen LogP contribution in [0, 0.1) is 20.8 Å². The van der Waals surface area contributed by atoms with Crippen LogP contribution in [0.1, 0.15) is 34.3 Å². The third-order valence-electron chi connectivity index (χ3n) is 3.60. The van der Waals surface area contributed by atoms with Gasteiger partial charge in [-0.25, -0.2) is 0 Å². The summed E-state index contributed by atoms with van der Waals surface area (Å²) in [4.78, 5) is 4.32. The Kier molecular flexibility index (Phi) is 3.97. The van der Waals surface area contributed by atoms with Gasteiger partial charge >= 0.3 is 0 Å². The molecule has 0 aliphatic heterocycles. The van der Waals surface area contributed by atoms with E-state index >= 15 is 0 Å². The SMILES string of the molecule is Cc1ccc(C(Cc2c(C)nn(C)c2C)NN)cn1. The Morgan fingerprint density at radius 3 is 2.53 bits per heavy atom. The van der Waals surface area contributed by atoms with E-state index in [2.05, 4.69) is 28.5 Å². The molecule has 0 radical (unpaired) electrons. The van der Waals surface area contributed by atoms with Crippen molar-refractivity contribution in [2.45, 2.75) is 33.2 Å². The zero-order chi connectivity index (χ0) is 14.0. The number of rotatable bonds is 4. The van der Waals surface area contributed by atoms with Gasteiger partial charge in [0.05, 0.1) is 11.7 Å². The van der Waals surface area contributed by atoms with Crippen molar-refractivity contribution in [3.63, 3.8) is 0 Å². The van der Waals surface area contributed by atoms with Crippen molar-refractivity contribution in [1.29, 1.82) is 0 Å². The standard InChI is InChI=1S/C14H21N5/c1-9-5-6-12(8-16-9)14(17-15)7-13-10(2)18-19(4)11(13)3/h5-6,8,14,17H,7,15H2,1-4H3. The molecule has 19 heavy (non-hydrogen) atoms. The first kappa shape index (κ1) is 13.7. The maximum atomic E-state index is 5.69. The summed E-state index contributed by atoms with van der Waals surface area (Å²) in [7, 11) is 1.96. The second-order valence-corrected chi connectivity index (χ2v) is 4.93. The molecule has 0 aromatic carbocycles. The molecule has 0 amide bonds. The number of nitrogens with one attached hydrogen (secondary N) is 1. The van der Waals surface area contributed by atoms with Gasteiger partial charge in [-0.2, -0.15) is 5.10 Å². The zero-order valence-electron chi connectivity index (χ0n) is 11.9. The average molecular weight is 259 g/mol. The average Bonchev–Trinajstić information content (AvgIpc) is 2.63. The van der Waals surface area contributed by atoms with Gasteiger partial charge in [0, 0.05) is 24.6 Å². The summed E-state index contributed by atoms with van der Waals surface area (Å²) < 4.78 is 1.91. The minimum Gasteiger partial charge on any atom is -0.272 e. The first-order chi connectivity index (χ1) is 9.02. The third-order valence-corrected chi connectivity index (χ3v) is 3.60. The Hall–Kier alpha value is -1.72. The summed E-state index contributed by atoms with van der Waals surface area (Å²) in [6.45, 7) is 6.09. The lowest BCUT2D eigenvalue weighted by Crippen LogP contribution is -2.30. The lowest BCUT2D eigenvalue weighted by atomic mass is 9.99. The number of nitrogens with two attached hydrogens (primary N) is 1. The Balaban J connectivity index is 2.26. The molecule has 5 nitrogen and oxygen atoms in total. The molecule has 1 atom stereocenters. The van der Waals surface area contributed by atoms with Crippen LogP contribution in [-0.4, -0.2) is 14.8 Å². The number of aryl methyl sites for hydroxylation is 3. The fourth-order valence-corrected chi connectivity index (χ4v) is 2.28. The number of hydrazine groups is 1. The predicted molar refractivity (Wildman–Crippen MR) is 75.4 cm³/mol. The van der Waals surface area contributed by atoms with Crippen LogP contribution in [0.3, 0.4) is 0 Å². The van der Waals surface area contributed by atoms with Gasteiger partial charge in [-0.3, -0.25) is 20.9 Å². The normalized spacial score (nSPS) is 12.7. The smallest absolute Gasteiger partial charge is 0.0629 e. The van der Waals surface area contributed by atoms with Crippen molar-refractivity contribution in [2.24, 2.45) is 12.9 Å². The van der Waals surface area contributed by atoms with E-state index in [0.29, 0.717) is 0 Å². The highest BCUT2D eigenvalue weighted by Crippen LogP contribution is 2.21. The third kappa shape index (κ3) is 2.83. The van der Waals surface area contributed by atoms with Crippen LogP contribution >= 0.6 is 0 Å². The van der Waals surface area contributed by atoms with Crippen LogP contribution in [0.2, 0.25) is 0 Å². The number of hydrogen-bond acceptors (Lipinski definition) is 4. The number of nitrogens with zero attached hydrogens (tertiary/aromatic N) is 3. The quantitative estimate of drug-likeness (QED) is 0.645. The van der Waals surface area contributed by atoms with E-state index in [9.17, 15) is 0 Å². The van der Waals surface area contributed by atoms with E-state index < -0.39 is 0 Å². The fraction of sp³-hybridized carbons (Fsp3) is 0.429.